The zero-order valence-corrected chi connectivity index (χ0v) is 18.2. The third-order valence-corrected chi connectivity index (χ3v) is 5.45. The number of alkyl carbamates (subject to hydrolysis) is 1. The van der Waals surface area contributed by atoms with E-state index in [-0.39, 0.29) is 29.4 Å². The Bertz CT molecular complexity index is 1030. The van der Waals surface area contributed by atoms with Gasteiger partial charge in [-0.15, -0.1) is 0 Å². The van der Waals surface area contributed by atoms with Crippen LogP contribution in [0.1, 0.15) is 62.6 Å². The predicted molar refractivity (Wildman–Crippen MR) is 117 cm³/mol. The number of H-pyrrole nitrogens is 1. The van der Waals surface area contributed by atoms with Crippen LogP contribution in [0.4, 0.5) is 16.4 Å². The van der Waals surface area contributed by atoms with Gasteiger partial charge < -0.3 is 15.4 Å². The lowest BCUT2D eigenvalue weighted by Gasteiger charge is -2.14. The average Bonchev–Trinajstić information content (AvgIpc) is 3.39. The van der Waals surface area contributed by atoms with Gasteiger partial charge in [-0.1, -0.05) is 0 Å². The summed E-state index contributed by atoms with van der Waals surface area (Å²) in [7, 11) is 0. The molecule has 1 aliphatic carbocycles. The molecule has 1 saturated carbocycles. The number of fused-ring (bicyclic) bond motifs is 1. The highest BCUT2D eigenvalue weighted by molar-refractivity contribution is 7.80. The van der Waals surface area contributed by atoms with Crippen molar-refractivity contribution in [2.75, 3.05) is 5.32 Å². The molecule has 160 valence electrons. The van der Waals surface area contributed by atoms with E-state index in [1.54, 1.807) is 10.7 Å². The summed E-state index contributed by atoms with van der Waals surface area (Å²) in [4.78, 5) is 16.3. The lowest BCUT2D eigenvalue weighted by molar-refractivity contribution is 0.0981. The first-order valence-corrected chi connectivity index (χ1v) is 10.7. The Hall–Kier alpha value is -2.75. The molecule has 1 unspecified atom stereocenters. The van der Waals surface area contributed by atoms with Crippen LogP contribution < -0.4 is 10.6 Å². The Morgan fingerprint density at radius 2 is 2.17 bits per heavy atom. The van der Waals surface area contributed by atoms with Crippen molar-refractivity contribution in [3.63, 3.8) is 0 Å². The van der Waals surface area contributed by atoms with Crippen molar-refractivity contribution in [3.8, 4) is 0 Å². The molecule has 0 radical (unpaired) electrons. The third kappa shape index (κ3) is 4.53. The second kappa shape index (κ2) is 8.55. The number of aromatic amines is 1. The molecule has 3 N–H and O–H groups in total. The van der Waals surface area contributed by atoms with Crippen molar-refractivity contribution in [1.82, 2.24) is 30.1 Å². The fourth-order valence-corrected chi connectivity index (χ4v) is 3.85. The van der Waals surface area contributed by atoms with Crippen LogP contribution in [0, 0.1) is 0 Å². The number of hydrogen-bond donors (Lipinski definition) is 4. The lowest BCUT2D eigenvalue weighted by atomic mass is 10.0. The van der Waals surface area contributed by atoms with E-state index in [1.807, 2.05) is 39.1 Å². The number of ether oxygens (including phenoxy) is 1. The molecular formula is C20H27N7O2S. The zero-order valence-electron chi connectivity index (χ0n) is 17.3. The van der Waals surface area contributed by atoms with Gasteiger partial charge in [0.1, 0.15) is 11.6 Å². The highest BCUT2D eigenvalue weighted by Crippen LogP contribution is 2.36. The minimum Gasteiger partial charge on any atom is -0.446 e. The molecule has 3 heterocycles. The second-order valence-electron chi connectivity index (χ2n) is 8.02. The molecule has 0 bridgehead atoms. The SMILES string of the molecule is CC(C)NC(=O)O[C@@H]1CC[C@H](c2cc(Nc3nccn4nc(C(C)S)cc34)n[nH]2)C1. The van der Waals surface area contributed by atoms with E-state index >= 15 is 0 Å². The molecule has 30 heavy (non-hydrogen) atoms. The lowest BCUT2D eigenvalue weighted by Crippen LogP contribution is -2.33. The van der Waals surface area contributed by atoms with Crippen LogP contribution >= 0.6 is 12.6 Å². The summed E-state index contributed by atoms with van der Waals surface area (Å²) >= 11 is 4.46. The van der Waals surface area contributed by atoms with Crippen LogP contribution in [0.15, 0.2) is 24.5 Å². The van der Waals surface area contributed by atoms with Gasteiger partial charge in [0.25, 0.3) is 0 Å². The summed E-state index contributed by atoms with van der Waals surface area (Å²) in [6.45, 7) is 5.81. The van der Waals surface area contributed by atoms with Crippen molar-refractivity contribution in [3.05, 3.63) is 35.9 Å². The van der Waals surface area contributed by atoms with Gasteiger partial charge in [0, 0.05) is 41.4 Å². The van der Waals surface area contributed by atoms with Crippen molar-refractivity contribution >= 4 is 35.9 Å². The number of amides is 1. The predicted octanol–water partition coefficient (Wildman–Crippen LogP) is 3.96. The first kappa shape index (κ1) is 20.5. The van der Waals surface area contributed by atoms with Gasteiger partial charge in [-0.2, -0.15) is 22.8 Å². The first-order valence-electron chi connectivity index (χ1n) is 10.2. The van der Waals surface area contributed by atoms with E-state index in [4.69, 9.17) is 4.74 Å². The fraction of sp³-hybridized carbons (Fsp3) is 0.500. The van der Waals surface area contributed by atoms with Crippen molar-refractivity contribution in [2.45, 2.75) is 63.3 Å². The molecule has 1 fully saturated rings. The molecule has 0 aliphatic heterocycles. The molecule has 4 rings (SSSR count). The number of anilines is 2. The Morgan fingerprint density at radius 1 is 1.33 bits per heavy atom. The van der Waals surface area contributed by atoms with E-state index in [0.29, 0.717) is 11.6 Å². The molecule has 1 aliphatic rings. The molecule has 0 aromatic carbocycles. The Labute approximate surface area is 180 Å². The topological polar surface area (TPSA) is 109 Å². The van der Waals surface area contributed by atoms with Crippen LogP contribution in [0.5, 0.6) is 0 Å². The largest absolute Gasteiger partial charge is 0.446 e. The normalized spacial score (nSPS) is 19.9. The summed E-state index contributed by atoms with van der Waals surface area (Å²) in [6, 6.07) is 4.03. The minimum absolute atomic E-state index is 0.0369. The summed E-state index contributed by atoms with van der Waals surface area (Å²) in [5, 5.41) is 18.1. The first-order chi connectivity index (χ1) is 14.4. The molecule has 3 aromatic rings. The number of carbonyl (C=O) groups excluding carboxylic acids is 1. The summed E-state index contributed by atoms with van der Waals surface area (Å²) < 4.78 is 7.30. The molecule has 3 atom stereocenters. The maximum absolute atomic E-state index is 11.8. The number of aromatic nitrogens is 5. The van der Waals surface area contributed by atoms with E-state index in [0.717, 1.165) is 36.2 Å². The zero-order chi connectivity index (χ0) is 21.3. The quantitative estimate of drug-likeness (QED) is 0.442. The van der Waals surface area contributed by atoms with Gasteiger partial charge in [0.15, 0.2) is 11.6 Å². The minimum atomic E-state index is -0.350. The molecule has 1 amide bonds. The number of nitrogens with zero attached hydrogens (tertiary/aromatic N) is 4. The standard InChI is InChI=1S/C20H27N7O2S/c1-11(2)22-20(28)29-14-5-4-13(8-14)16-10-18(25-24-16)23-19-17-9-15(12(3)30)26-27(17)7-6-21-19/h6-7,9-14,30H,4-5,8H2,1-3H3,(H,22,28)(H2,21,23,24,25)/t12?,13-,14+/m0/s1. The van der Waals surface area contributed by atoms with Crippen molar-refractivity contribution in [2.24, 2.45) is 0 Å². The highest BCUT2D eigenvalue weighted by Gasteiger charge is 2.30. The van der Waals surface area contributed by atoms with Crippen LogP contribution in [0.3, 0.4) is 0 Å². The third-order valence-electron chi connectivity index (χ3n) is 5.19. The Balaban J connectivity index is 1.42. The number of nitrogens with one attached hydrogen (secondary N) is 3. The molecule has 3 aromatic heterocycles. The van der Waals surface area contributed by atoms with Crippen LogP contribution in [0.25, 0.3) is 5.52 Å². The summed E-state index contributed by atoms with van der Waals surface area (Å²) in [5.74, 6) is 1.65. The molecule has 9 nitrogen and oxygen atoms in total. The molecule has 0 saturated heterocycles. The highest BCUT2D eigenvalue weighted by atomic mass is 32.1. The smallest absolute Gasteiger partial charge is 0.407 e. The second-order valence-corrected chi connectivity index (χ2v) is 8.80. The van der Waals surface area contributed by atoms with E-state index < -0.39 is 0 Å². The van der Waals surface area contributed by atoms with E-state index in [2.05, 4.69) is 43.5 Å². The van der Waals surface area contributed by atoms with Gasteiger partial charge in [-0.25, -0.2) is 14.3 Å². The van der Waals surface area contributed by atoms with Crippen molar-refractivity contribution < 1.29 is 9.53 Å². The van der Waals surface area contributed by atoms with Crippen LogP contribution in [-0.2, 0) is 4.74 Å². The van der Waals surface area contributed by atoms with Gasteiger partial charge >= 0.3 is 6.09 Å². The number of rotatable bonds is 6. The van der Waals surface area contributed by atoms with Gasteiger partial charge in [0.2, 0.25) is 0 Å². The molecular weight excluding hydrogens is 402 g/mol. The number of thiol groups is 1. The van der Waals surface area contributed by atoms with E-state index in [9.17, 15) is 4.79 Å². The van der Waals surface area contributed by atoms with Gasteiger partial charge in [-0.05, 0) is 46.1 Å². The number of carbonyl (C=O) groups is 1. The average molecular weight is 430 g/mol. The maximum Gasteiger partial charge on any atom is 0.407 e. The number of hydrogen-bond acceptors (Lipinski definition) is 7. The van der Waals surface area contributed by atoms with Crippen molar-refractivity contribution in [1.29, 1.82) is 0 Å². The van der Waals surface area contributed by atoms with Gasteiger partial charge in [0.05, 0.1) is 5.69 Å². The fourth-order valence-electron chi connectivity index (χ4n) is 3.72. The maximum atomic E-state index is 11.8. The van der Waals surface area contributed by atoms with Crippen LogP contribution in [-0.4, -0.2) is 43.0 Å². The molecule has 0 spiro atoms. The van der Waals surface area contributed by atoms with E-state index in [1.165, 1.54) is 0 Å². The van der Waals surface area contributed by atoms with Crippen LogP contribution in [0.2, 0.25) is 0 Å². The monoisotopic (exact) mass is 429 g/mol. The van der Waals surface area contributed by atoms with Gasteiger partial charge in [-0.3, -0.25) is 5.10 Å². The Morgan fingerprint density at radius 3 is 2.93 bits per heavy atom. The summed E-state index contributed by atoms with van der Waals surface area (Å²) in [5.41, 5.74) is 2.78. The molecule has 10 heteroatoms. The summed E-state index contributed by atoms with van der Waals surface area (Å²) in [6.07, 6.45) is 5.66. The Kier molecular flexibility index (Phi) is 5.85.